The molecular weight excluding hydrogens is 484 g/mol. The first-order valence-electron chi connectivity index (χ1n) is 10.2. The molecule has 1 aromatic rings. The minimum atomic E-state index is -4.36. The van der Waals surface area contributed by atoms with Crippen molar-refractivity contribution in [2.45, 2.75) is 44.6 Å². The number of benzene rings is 1. The van der Waals surface area contributed by atoms with Gasteiger partial charge in [-0.25, -0.2) is 0 Å². The largest absolute Gasteiger partial charge is 0.453 e. The predicted molar refractivity (Wildman–Crippen MR) is 112 cm³/mol. The maximum atomic E-state index is 11.9. The molecule has 1 heterocycles. The van der Waals surface area contributed by atoms with E-state index in [1.807, 2.05) is 0 Å². The second kappa shape index (κ2) is 10.9. The Kier molecular flexibility index (Phi) is 8.42. The number of hydrogen-bond donors (Lipinski definition) is 0. The molecule has 0 bridgehead atoms. The highest BCUT2D eigenvalue weighted by molar-refractivity contribution is 7.86. The molecule has 186 valence electrons. The molecule has 0 saturated carbocycles. The van der Waals surface area contributed by atoms with Gasteiger partial charge in [-0.3, -0.25) is 18.0 Å². The van der Waals surface area contributed by atoms with Gasteiger partial charge in [0.2, 0.25) is 6.29 Å². The van der Waals surface area contributed by atoms with E-state index in [4.69, 9.17) is 28.7 Å². The highest BCUT2D eigenvalue weighted by atomic mass is 32.2. The first-order valence-corrected chi connectivity index (χ1v) is 12.8. The molecular formula is C19H26O12S2. The molecule has 0 aromatic heterocycles. The van der Waals surface area contributed by atoms with E-state index in [2.05, 4.69) is 0 Å². The quantitative estimate of drug-likeness (QED) is 0.292. The fourth-order valence-electron chi connectivity index (χ4n) is 3.05. The van der Waals surface area contributed by atoms with Gasteiger partial charge in [-0.1, -0.05) is 30.3 Å². The van der Waals surface area contributed by atoms with Crippen LogP contribution in [0.5, 0.6) is 0 Å². The average molecular weight is 512 g/mol. The Labute approximate surface area is 193 Å². The summed E-state index contributed by atoms with van der Waals surface area (Å²) < 4.78 is 86.0. The first kappa shape index (κ1) is 25.5. The minimum absolute atomic E-state index is 0.106. The van der Waals surface area contributed by atoms with Crippen molar-refractivity contribution in [1.29, 1.82) is 0 Å². The monoisotopic (exact) mass is 511 g/mol. The molecule has 1 saturated heterocycles. The lowest BCUT2D eigenvalue weighted by atomic mass is 9.96. The van der Waals surface area contributed by atoms with Crippen LogP contribution in [0.4, 0.5) is 0 Å². The second-order valence-electron chi connectivity index (χ2n) is 7.24. The van der Waals surface area contributed by atoms with E-state index in [0.29, 0.717) is 5.56 Å². The van der Waals surface area contributed by atoms with Gasteiger partial charge in [-0.2, -0.15) is 16.8 Å². The molecule has 33 heavy (non-hydrogen) atoms. The first-order chi connectivity index (χ1) is 15.8. The summed E-state index contributed by atoms with van der Waals surface area (Å²) in [6.45, 7) is 0.299. The Hall–Kier alpha value is -2.10. The van der Waals surface area contributed by atoms with Gasteiger partial charge in [0.25, 0.3) is 20.2 Å². The number of carbonyl (C=O) groups excluding carboxylic acids is 2. The smallest absolute Gasteiger partial charge is 0.305 e. The summed E-state index contributed by atoms with van der Waals surface area (Å²) in [4.78, 5) is 23.4. The molecule has 0 spiro atoms. The lowest BCUT2D eigenvalue weighted by Crippen LogP contribution is -2.53. The van der Waals surface area contributed by atoms with Crippen molar-refractivity contribution in [2.24, 2.45) is 0 Å². The third-order valence-corrected chi connectivity index (χ3v) is 5.32. The van der Waals surface area contributed by atoms with E-state index in [1.54, 1.807) is 30.3 Å². The van der Waals surface area contributed by atoms with E-state index in [0.717, 1.165) is 20.1 Å². The standard InChI is InChI=1S/C19H26O12S2/c1-13(20)29-16-17(26-10-15-8-6-5-7-9-15)19(11-27-32(3,22)23,12-28-33(4,24)25)31-18(16)30-14(2)21/h5-9,16-18H,10-12H2,1-4H3/t16-,17+,18?/m1/s1/i3D/t16-,17+,18?,19+. The predicted octanol–water partition coefficient (Wildman–Crippen LogP) is 0.114. The molecule has 0 N–H and O–H groups in total. The van der Waals surface area contributed by atoms with Gasteiger partial charge in [0, 0.05) is 15.2 Å². The number of carbonyl (C=O) groups is 2. The van der Waals surface area contributed by atoms with Crippen LogP contribution in [-0.2, 0) is 63.7 Å². The van der Waals surface area contributed by atoms with E-state index >= 15 is 0 Å². The van der Waals surface area contributed by atoms with Crippen LogP contribution >= 0.6 is 0 Å². The molecule has 14 heteroatoms. The van der Waals surface area contributed by atoms with Gasteiger partial charge in [-0.15, -0.1) is 0 Å². The molecule has 2 rings (SSSR count). The zero-order chi connectivity index (χ0) is 25.6. The van der Waals surface area contributed by atoms with Crippen molar-refractivity contribution in [3.05, 3.63) is 35.9 Å². The summed E-state index contributed by atoms with van der Waals surface area (Å²) in [5, 5.41) is 0. The number of ether oxygens (including phenoxy) is 4. The van der Waals surface area contributed by atoms with Crippen LogP contribution in [0.15, 0.2) is 30.3 Å². The van der Waals surface area contributed by atoms with E-state index in [9.17, 15) is 26.4 Å². The molecule has 0 radical (unpaired) electrons. The highest BCUT2D eigenvalue weighted by Crippen LogP contribution is 2.38. The molecule has 1 aliphatic heterocycles. The third-order valence-electron chi connectivity index (χ3n) is 4.29. The summed E-state index contributed by atoms with van der Waals surface area (Å²) >= 11 is 0. The Morgan fingerprint density at radius 1 is 1.00 bits per heavy atom. The molecule has 1 fully saturated rings. The van der Waals surface area contributed by atoms with E-state index < -0.39 is 75.7 Å². The van der Waals surface area contributed by atoms with Gasteiger partial charge < -0.3 is 18.9 Å². The zero-order valence-corrected chi connectivity index (χ0v) is 19.8. The number of esters is 2. The molecule has 1 aromatic carbocycles. The minimum Gasteiger partial charge on any atom is -0.453 e. The maximum absolute atomic E-state index is 11.9. The average Bonchev–Trinajstić information content (AvgIpc) is 3.01. The fraction of sp³-hybridized carbons (Fsp3) is 0.579. The Morgan fingerprint density at radius 2 is 1.58 bits per heavy atom. The number of rotatable bonds is 11. The molecule has 0 amide bonds. The Balaban J connectivity index is 2.51. The Morgan fingerprint density at radius 3 is 2.09 bits per heavy atom. The van der Waals surface area contributed by atoms with Crippen molar-refractivity contribution < 1.29 is 55.1 Å². The van der Waals surface area contributed by atoms with Gasteiger partial charge in [0.1, 0.15) is 19.3 Å². The van der Waals surface area contributed by atoms with Crippen molar-refractivity contribution >= 4 is 32.2 Å². The van der Waals surface area contributed by atoms with Gasteiger partial charge >= 0.3 is 11.9 Å². The van der Waals surface area contributed by atoms with Crippen molar-refractivity contribution in [1.82, 2.24) is 0 Å². The summed E-state index contributed by atoms with van der Waals surface area (Å²) in [5.41, 5.74) is -1.38. The second-order valence-corrected chi connectivity index (χ2v) is 10.2. The van der Waals surface area contributed by atoms with Crippen LogP contribution < -0.4 is 0 Å². The zero-order valence-electron chi connectivity index (χ0n) is 19.2. The van der Waals surface area contributed by atoms with Gasteiger partial charge in [-0.05, 0) is 5.56 Å². The van der Waals surface area contributed by atoms with Crippen molar-refractivity contribution in [3.8, 4) is 0 Å². The molecule has 12 nitrogen and oxygen atoms in total. The summed E-state index contributed by atoms with van der Waals surface area (Å²) in [5.74, 6) is -1.64. The summed E-state index contributed by atoms with van der Waals surface area (Å²) in [7, 11) is -8.43. The van der Waals surface area contributed by atoms with Crippen LogP contribution in [-0.4, -0.2) is 78.6 Å². The lowest BCUT2D eigenvalue weighted by molar-refractivity contribution is -0.211. The van der Waals surface area contributed by atoms with E-state index in [1.165, 1.54) is 0 Å². The fourth-order valence-corrected chi connectivity index (χ4v) is 3.84. The topological polar surface area (TPSA) is 158 Å². The number of hydrogen-bond acceptors (Lipinski definition) is 12. The van der Waals surface area contributed by atoms with Crippen molar-refractivity contribution in [3.63, 3.8) is 0 Å². The summed E-state index contributed by atoms with van der Waals surface area (Å²) in [6.07, 6.45) is -4.83. The van der Waals surface area contributed by atoms with Crippen LogP contribution in [0.25, 0.3) is 0 Å². The van der Waals surface area contributed by atoms with Crippen LogP contribution in [0.3, 0.4) is 0 Å². The van der Waals surface area contributed by atoms with E-state index in [-0.39, 0.29) is 6.61 Å². The molecule has 1 unspecified atom stereocenters. The van der Waals surface area contributed by atoms with Crippen LogP contribution in [0.2, 0.25) is 0 Å². The van der Waals surface area contributed by atoms with Gasteiger partial charge in [0.15, 0.2) is 11.7 Å². The van der Waals surface area contributed by atoms with Crippen LogP contribution in [0, 0.1) is 0 Å². The van der Waals surface area contributed by atoms with Gasteiger partial charge in [0.05, 0.1) is 19.1 Å². The van der Waals surface area contributed by atoms with Crippen molar-refractivity contribution in [2.75, 3.05) is 25.7 Å². The van der Waals surface area contributed by atoms with Crippen LogP contribution in [0.1, 0.15) is 20.8 Å². The summed E-state index contributed by atoms with van der Waals surface area (Å²) in [6, 6.07) is 8.67. The highest BCUT2D eigenvalue weighted by Gasteiger charge is 2.60. The molecule has 1 aliphatic rings. The Bertz CT molecular complexity index is 1060. The molecule has 0 aliphatic carbocycles. The molecule has 4 atom stereocenters. The SMILES string of the molecule is [2H]CS(=O)(=O)OC[C@@]1(COS(C)(=O)=O)OC(OC(C)=O)[C@H](OC(C)=O)[C@@H]1OCc1ccccc1. The lowest BCUT2D eigenvalue weighted by Gasteiger charge is -2.33. The maximum Gasteiger partial charge on any atom is 0.305 e. The third kappa shape index (κ3) is 8.64. The normalized spacial score (nSPS) is 25.9.